The van der Waals surface area contributed by atoms with Gasteiger partial charge in [0.15, 0.2) is 9.84 Å². The van der Waals surface area contributed by atoms with Gasteiger partial charge in [-0.3, -0.25) is 0 Å². The van der Waals surface area contributed by atoms with Crippen molar-refractivity contribution in [2.45, 2.75) is 39.0 Å². The average molecular weight is 288 g/mol. The fourth-order valence-electron chi connectivity index (χ4n) is 3.43. The molecule has 1 saturated carbocycles. The Balaban J connectivity index is 1.86. The lowest BCUT2D eigenvalue weighted by atomic mass is 9.85. The highest BCUT2D eigenvalue weighted by molar-refractivity contribution is 7.91. The van der Waals surface area contributed by atoms with Crippen molar-refractivity contribution in [2.24, 2.45) is 5.41 Å². The quantitative estimate of drug-likeness (QED) is 0.748. The van der Waals surface area contributed by atoms with Gasteiger partial charge in [0, 0.05) is 26.2 Å². The molecule has 1 N–H and O–H groups in total. The van der Waals surface area contributed by atoms with Crippen LogP contribution in [0.1, 0.15) is 39.0 Å². The molecule has 1 aliphatic carbocycles. The van der Waals surface area contributed by atoms with Crippen LogP contribution >= 0.6 is 0 Å². The van der Waals surface area contributed by atoms with Gasteiger partial charge in [-0.05, 0) is 31.2 Å². The van der Waals surface area contributed by atoms with Crippen molar-refractivity contribution in [1.82, 2.24) is 10.2 Å². The second-order valence-electron chi connectivity index (χ2n) is 6.31. The van der Waals surface area contributed by atoms with Crippen LogP contribution in [0.2, 0.25) is 0 Å². The molecule has 0 atom stereocenters. The second kappa shape index (κ2) is 6.55. The first kappa shape index (κ1) is 15.3. The van der Waals surface area contributed by atoms with Crippen molar-refractivity contribution < 1.29 is 8.42 Å². The first-order valence-electron chi connectivity index (χ1n) is 7.69. The highest BCUT2D eigenvalue weighted by Gasteiger charge is 2.36. The monoisotopic (exact) mass is 288 g/mol. The Hall–Kier alpha value is -0.130. The van der Waals surface area contributed by atoms with Gasteiger partial charge in [0.05, 0.1) is 11.5 Å². The second-order valence-corrected chi connectivity index (χ2v) is 8.62. The van der Waals surface area contributed by atoms with E-state index in [0.29, 0.717) is 16.9 Å². The number of hydrogen-bond acceptors (Lipinski definition) is 4. The summed E-state index contributed by atoms with van der Waals surface area (Å²) in [6.07, 6.45) is 6.44. The number of hydrogen-bond donors (Lipinski definition) is 1. The molecule has 0 unspecified atom stereocenters. The number of nitrogens with one attached hydrogen (secondary N) is 1. The lowest BCUT2D eigenvalue weighted by molar-refractivity contribution is 0.157. The summed E-state index contributed by atoms with van der Waals surface area (Å²) in [6.45, 7) is 6.94. The van der Waals surface area contributed by atoms with Crippen LogP contribution < -0.4 is 5.32 Å². The van der Waals surface area contributed by atoms with Crippen LogP contribution in [-0.4, -0.2) is 57.5 Å². The fourth-order valence-corrected chi connectivity index (χ4v) is 4.71. The van der Waals surface area contributed by atoms with E-state index in [0.717, 1.165) is 32.7 Å². The van der Waals surface area contributed by atoms with Gasteiger partial charge in [0.25, 0.3) is 0 Å². The molecule has 0 bridgehead atoms. The van der Waals surface area contributed by atoms with Crippen molar-refractivity contribution in [3.8, 4) is 0 Å². The van der Waals surface area contributed by atoms with Gasteiger partial charge in [-0.1, -0.05) is 19.8 Å². The predicted molar refractivity (Wildman–Crippen MR) is 79.2 cm³/mol. The molecule has 1 saturated heterocycles. The van der Waals surface area contributed by atoms with Gasteiger partial charge < -0.3 is 10.2 Å². The number of sulfone groups is 1. The van der Waals surface area contributed by atoms with Gasteiger partial charge in [-0.2, -0.15) is 0 Å². The zero-order valence-electron chi connectivity index (χ0n) is 12.2. The van der Waals surface area contributed by atoms with Gasteiger partial charge in [-0.25, -0.2) is 8.42 Å². The molecule has 0 radical (unpaired) electrons. The molecule has 2 aliphatic rings. The van der Waals surface area contributed by atoms with Crippen LogP contribution in [0.4, 0.5) is 0 Å². The third-order valence-electron chi connectivity index (χ3n) is 4.59. The molecular weight excluding hydrogens is 260 g/mol. The third-order valence-corrected chi connectivity index (χ3v) is 6.20. The molecule has 5 heteroatoms. The Morgan fingerprint density at radius 2 is 1.79 bits per heavy atom. The van der Waals surface area contributed by atoms with Crippen molar-refractivity contribution >= 4 is 9.84 Å². The Morgan fingerprint density at radius 3 is 2.37 bits per heavy atom. The number of rotatable bonds is 6. The summed E-state index contributed by atoms with van der Waals surface area (Å²) in [5, 5.41) is 3.58. The summed E-state index contributed by atoms with van der Waals surface area (Å²) in [5.41, 5.74) is 0.399. The highest BCUT2D eigenvalue weighted by Crippen LogP contribution is 2.38. The van der Waals surface area contributed by atoms with Crippen LogP contribution in [-0.2, 0) is 9.84 Å². The van der Waals surface area contributed by atoms with Gasteiger partial charge in [0.2, 0.25) is 0 Å². The topological polar surface area (TPSA) is 49.4 Å². The predicted octanol–water partition coefficient (Wildman–Crippen LogP) is 1.28. The fraction of sp³-hybridized carbons (Fsp3) is 1.00. The van der Waals surface area contributed by atoms with Crippen molar-refractivity contribution in [2.75, 3.05) is 44.2 Å². The van der Waals surface area contributed by atoms with Gasteiger partial charge >= 0.3 is 0 Å². The number of nitrogens with zero attached hydrogens (tertiary/aromatic N) is 1. The minimum absolute atomic E-state index is 0.353. The molecule has 0 amide bonds. The molecule has 0 aromatic rings. The lowest BCUT2D eigenvalue weighted by Crippen LogP contribution is -2.48. The van der Waals surface area contributed by atoms with Crippen LogP contribution in [0.15, 0.2) is 0 Å². The smallest absolute Gasteiger partial charge is 0.152 e. The molecule has 2 rings (SSSR count). The Labute approximate surface area is 117 Å². The lowest BCUT2D eigenvalue weighted by Gasteiger charge is -2.37. The Morgan fingerprint density at radius 1 is 1.16 bits per heavy atom. The molecule has 4 nitrogen and oxygen atoms in total. The third kappa shape index (κ3) is 4.43. The molecular formula is C14H28N2O2S. The zero-order valence-corrected chi connectivity index (χ0v) is 13.0. The van der Waals surface area contributed by atoms with Gasteiger partial charge in [0.1, 0.15) is 0 Å². The highest BCUT2D eigenvalue weighted by atomic mass is 32.2. The molecule has 19 heavy (non-hydrogen) atoms. The van der Waals surface area contributed by atoms with Crippen molar-refractivity contribution in [1.29, 1.82) is 0 Å². The van der Waals surface area contributed by atoms with E-state index in [-0.39, 0.29) is 0 Å². The SMILES string of the molecule is CCCNCC1(CN2CCS(=O)(=O)CC2)CCCC1. The standard InChI is InChI=1S/C14H28N2O2S/c1-2-7-15-12-14(5-3-4-6-14)13-16-8-10-19(17,18)11-9-16/h15H,2-13H2,1H3. The summed E-state index contributed by atoms with van der Waals surface area (Å²) < 4.78 is 23.0. The van der Waals surface area contributed by atoms with Crippen molar-refractivity contribution in [3.05, 3.63) is 0 Å². The van der Waals surface area contributed by atoms with E-state index in [2.05, 4.69) is 17.1 Å². The van der Waals surface area contributed by atoms with E-state index < -0.39 is 9.84 Å². The maximum absolute atomic E-state index is 11.5. The summed E-state index contributed by atoms with van der Waals surface area (Å²) in [7, 11) is -2.75. The van der Waals surface area contributed by atoms with E-state index in [1.165, 1.54) is 32.1 Å². The molecule has 0 aromatic carbocycles. The van der Waals surface area contributed by atoms with Crippen LogP contribution in [0.3, 0.4) is 0 Å². The van der Waals surface area contributed by atoms with E-state index in [4.69, 9.17) is 0 Å². The van der Waals surface area contributed by atoms with E-state index in [1.807, 2.05) is 0 Å². The normalized spacial score (nSPS) is 26.6. The van der Waals surface area contributed by atoms with Crippen LogP contribution in [0.25, 0.3) is 0 Å². The summed E-state index contributed by atoms with van der Waals surface area (Å²) in [4.78, 5) is 2.37. The van der Waals surface area contributed by atoms with Gasteiger partial charge in [-0.15, -0.1) is 0 Å². The molecule has 112 valence electrons. The first-order chi connectivity index (χ1) is 9.05. The summed E-state index contributed by atoms with van der Waals surface area (Å²) in [6, 6.07) is 0. The van der Waals surface area contributed by atoms with E-state index in [9.17, 15) is 8.42 Å². The average Bonchev–Trinajstić information content (AvgIpc) is 2.81. The minimum Gasteiger partial charge on any atom is -0.316 e. The molecule has 1 aliphatic heterocycles. The molecule has 0 aromatic heterocycles. The largest absolute Gasteiger partial charge is 0.316 e. The van der Waals surface area contributed by atoms with Crippen molar-refractivity contribution in [3.63, 3.8) is 0 Å². The van der Waals surface area contributed by atoms with Crippen LogP contribution in [0, 0.1) is 5.41 Å². The Bertz CT molecular complexity index is 361. The zero-order chi connectivity index (χ0) is 13.8. The summed E-state index contributed by atoms with van der Waals surface area (Å²) >= 11 is 0. The molecule has 2 fully saturated rings. The maximum Gasteiger partial charge on any atom is 0.152 e. The van der Waals surface area contributed by atoms with E-state index in [1.54, 1.807) is 0 Å². The maximum atomic E-state index is 11.5. The first-order valence-corrected chi connectivity index (χ1v) is 9.51. The minimum atomic E-state index is -2.75. The molecule has 1 heterocycles. The molecule has 0 spiro atoms. The van der Waals surface area contributed by atoms with Crippen LogP contribution in [0.5, 0.6) is 0 Å². The Kier molecular flexibility index (Phi) is 5.26. The summed E-state index contributed by atoms with van der Waals surface area (Å²) in [5.74, 6) is 0.705. The van der Waals surface area contributed by atoms with E-state index >= 15 is 0 Å².